The predicted octanol–water partition coefficient (Wildman–Crippen LogP) is 2.48. The van der Waals surface area contributed by atoms with Crippen molar-refractivity contribution in [2.75, 3.05) is 26.2 Å². The van der Waals surface area contributed by atoms with Crippen LogP contribution in [0.3, 0.4) is 0 Å². The lowest BCUT2D eigenvalue weighted by atomic mass is 10.1. The second-order valence-corrected chi connectivity index (χ2v) is 5.17. The van der Waals surface area contributed by atoms with Crippen LogP contribution in [-0.2, 0) is 11.2 Å². The Morgan fingerprint density at radius 2 is 2.09 bits per heavy atom. The molecule has 0 aliphatic carbocycles. The Labute approximate surface area is 138 Å². The van der Waals surface area contributed by atoms with Crippen LogP contribution in [0.25, 0.3) is 0 Å². The Balaban J connectivity index is 0.00000242. The number of aryl methyl sites for hydroxylation is 1. The molecule has 0 saturated heterocycles. The standard InChI is InChI=1S/C17H24N2O2.ClH/c1-2-21-16-6-3-14(4-7-16)5-8-17(20)19-13-15-9-11-18-12-10-15;/h3-4,6-7,9,18H,2,5,8,10-13H2,1H3,(H,19,20);1H. The van der Waals surface area contributed by atoms with Crippen LogP contribution in [0, 0.1) is 0 Å². The lowest BCUT2D eigenvalue weighted by Gasteiger charge is -2.14. The van der Waals surface area contributed by atoms with Crippen molar-refractivity contribution in [2.45, 2.75) is 26.2 Å². The van der Waals surface area contributed by atoms with E-state index in [1.54, 1.807) is 0 Å². The maximum Gasteiger partial charge on any atom is 0.220 e. The van der Waals surface area contributed by atoms with Crippen LogP contribution in [-0.4, -0.2) is 32.1 Å². The highest BCUT2D eigenvalue weighted by molar-refractivity contribution is 5.85. The molecule has 1 aliphatic rings. The number of hydrogen-bond acceptors (Lipinski definition) is 3. The van der Waals surface area contributed by atoms with Crippen LogP contribution in [0.4, 0.5) is 0 Å². The van der Waals surface area contributed by atoms with Crippen LogP contribution in [0.1, 0.15) is 25.3 Å². The quantitative estimate of drug-likeness (QED) is 0.758. The van der Waals surface area contributed by atoms with Gasteiger partial charge in [-0.1, -0.05) is 23.8 Å². The molecule has 122 valence electrons. The first-order chi connectivity index (χ1) is 10.3. The molecule has 5 heteroatoms. The lowest BCUT2D eigenvalue weighted by Crippen LogP contribution is -2.29. The fourth-order valence-electron chi connectivity index (χ4n) is 2.31. The predicted molar refractivity (Wildman–Crippen MR) is 91.8 cm³/mol. The van der Waals surface area contributed by atoms with Gasteiger partial charge in [0, 0.05) is 19.5 Å². The van der Waals surface area contributed by atoms with Crippen LogP contribution in [0.5, 0.6) is 5.75 Å². The summed E-state index contributed by atoms with van der Waals surface area (Å²) in [7, 11) is 0. The van der Waals surface area contributed by atoms with E-state index < -0.39 is 0 Å². The Bertz CT molecular complexity index is 486. The third-order valence-electron chi connectivity index (χ3n) is 3.55. The fourth-order valence-corrected chi connectivity index (χ4v) is 2.31. The molecule has 4 nitrogen and oxygen atoms in total. The average molecular weight is 325 g/mol. The Kier molecular flexibility index (Phi) is 8.63. The largest absolute Gasteiger partial charge is 0.494 e. The van der Waals surface area contributed by atoms with Gasteiger partial charge in [-0.05, 0) is 44.0 Å². The molecule has 0 bridgehead atoms. The van der Waals surface area contributed by atoms with Gasteiger partial charge >= 0.3 is 0 Å². The van der Waals surface area contributed by atoms with E-state index in [-0.39, 0.29) is 18.3 Å². The summed E-state index contributed by atoms with van der Waals surface area (Å²) in [4.78, 5) is 11.8. The summed E-state index contributed by atoms with van der Waals surface area (Å²) in [5.74, 6) is 0.992. The number of hydrogen-bond donors (Lipinski definition) is 2. The number of ether oxygens (including phenoxy) is 1. The van der Waals surface area contributed by atoms with Gasteiger partial charge in [-0.3, -0.25) is 4.79 Å². The van der Waals surface area contributed by atoms with Crippen LogP contribution >= 0.6 is 12.4 Å². The molecule has 1 heterocycles. The molecule has 0 unspecified atom stereocenters. The molecule has 2 rings (SSSR count). The summed E-state index contributed by atoms with van der Waals surface area (Å²) < 4.78 is 5.40. The monoisotopic (exact) mass is 324 g/mol. The second-order valence-electron chi connectivity index (χ2n) is 5.17. The summed E-state index contributed by atoms with van der Waals surface area (Å²) in [6.07, 6.45) is 4.48. The van der Waals surface area contributed by atoms with E-state index in [9.17, 15) is 4.79 Å². The van der Waals surface area contributed by atoms with Gasteiger partial charge in [0.1, 0.15) is 5.75 Å². The lowest BCUT2D eigenvalue weighted by molar-refractivity contribution is -0.120. The zero-order chi connectivity index (χ0) is 14.9. The van der Waals surface area contributed by atoms with Gasteiger partial charge in [0.05, 0.1) is 6.61 Å². The molecule has 0 radical (unpaired) electrons. The maximum absolute atomic E-state index is 11.8. The van der Waals surface area contributed by atoms with Gasteiger partial charge in [0.2, 0.25) is 5.91 Å². The van der Waals surface area contributed by atoms with E-state index in [1.165, 1.54) is 5.57 Å². The van der Waals surface area contributed by atoms with E-state index in [0.717, 1.165) is 37.2 Å². The minimum Gasteiger partial charge on any atom is -0.494 e. The smallest absolute Gasteiger partial charge is 0.220 e. The van der Waals surface area contributed by atoms with Crippen LogP contribution < -0.4 is 15.4 Å². The SMILES string of the molecule is CCOc1ccc(CCC(=O)NCC2=CCNCC2)cc1.Cl. The van der Waals surface area contributed by atoms with Gasteiger partial charge in [-0.2, -0.15) is 0 Å². The number of carbonyl (C=O) groups excluding carboxylic acids is 1. The van der Waals surface area contributed by atoms with Crippen molar-refractivity contribution in [1.29, 1.82) is 0 Å². The Morgan fingerprint density at radius 3 is 2.73 bits per heavy atom. The van der Waals surface area contributed by atoms with Crippen molar-refractivity contribution in [3.8, 4) is 5.75 Å². The second kappa shape index (κ2) is 10.2. The fraction of sp³-hybridized carbons (Fsp3) is 0.471. The third-order valence-corrected chi connectivity index (χ3v) is 3.55. The zero-order valence-electron chi connectivity index (χ0n) is 13.1. The highest BCUT2D eigenvalue weighted by atomic mass is 35.5. The van der Waals surface area contributed by atoms with Gasteiger partial charge in [-0.15, -0.1) is 12.4 Å². The van der Waals surface area contributed by atoms with E-state index in [2.05, 4.69) is 16.7 Å². The molecular formula is C17H25ClN2O2. The van der Waals surface area contributed by atoms with Crippen molar-refractivity contribution in [1.82, 2.24) is 10.6 Å². The number of carbonyl (C=O) groups is 1. The molecule has 1 aromatic rings. The molecule has 1 aliphatic heterocycles. The minimum atomic E-state index is 0. The molecule has 0 aromatic heterocycles. The molecule has 0 saturated carbocycles. The number of halogens is 1. The summed E-state index contributed by atoms with van der Waals surface area (Å²) in [6.45, 7) is 5.25. The van der Waals surface area contributed by atoms with Crippen LogP contribution in [0.2, 0.25) is 0 Å². The van der Waals surface area contributed by atoms with E-state index in [0.29, 0.717) is 19.6 Å². The molecule has 0 spiro atoms. The summed E-state index contributed by atoms with van der Waals surface area (Å²) >= 11 is 0. The highest BCUT2D eigenvalue weighted by Gasteiger charge is 2.06. The Morgan fingerprint density at radius 1 is 1.32 bits per heavy atom. The molecule has 22 heavy (non-hydrogen) atoms. The number of nitrogens with one attached hydrogen (secondary N) is 2. The topological polar surface area (TPSA) is 50.4 Å². The molecule has 0 atom stereocenters. The summed E-state index contributed by atoms with van der Waals surface area (Å²) in [6, 6.07) is 7.95. The molecular weight excluding hydrogens is 300 g/mol. The van der Waals surface area contributed by atoms with Crippen molar-refractivity contribution in [3.63, 3.8) is 0 Å². The van der Waals surface area contributed by atoms with E-state index in [1.807, 2.05) is 31.2 Å². The van der Waals surface area contributed by atoms with E-state index >= 15 is 0 Å². The summed E-state index contributed by atoms with van der Waals surface area (Å²) in [5, 5.41) is 6.26. The minimum absolute atomic E-state index is 0. The van der Waals surface area contributed by atoms with Crippen LogP contribution in [0.15, 0.2) is 35.9 Å². The van der Waals surface area contributed by atoms with Crippen molar-refractivity contribution in [2.24, 2.45) is 0 Å². The number of rotatable bonds is 7. The molecule has 1 amide bonds. The van der Waals surface area contributed by atoms with Gasteiger partial charge in [-0.25, -0.2) is 0 Å². The first-order valence-electron chi connectivity index (χ1n) is 7.65. The van der Waals surface area contributed by atoms with Crippen molar-refractivity contribution in [3.05, 3.63) is 41.5 Å². The zero-order valence-corrected chi connectivity index (χ0v) is 13.9. The normalized spacial score (nSPS) is 13.8. The van der Waals surface area contributed by atoms with Crippen molar-refractivity contribution < 1.29 is 9.53 Å². The molecule has 1 aromatic carbocycles. The highest BCUT2D eigenvalue weighted by Crippen LogP contribution is 2.13. The first-order valence-corrected chi connectivity index (χ1v) is 7.65. The van der Waals surface area contributed by atoms with E-state index in [4.69, 9.17) is 4.74 Å². The third kappa shape index (κ3) is 6.50. The number of benzene rings is 1. The first kappa shape index (κ1) is 18.5. The molecule has 2 N–H and O–H groups in total. The van der Waals surface area contributed by atoms with Gasteiger partial charge in [0.25, 0.3) is 0 Å². The van der Waals surface area contributed by atoms with Gasteiger partial charge < -0.3 is 15.4 Å². The average Bonchev–Trinajstić information content (AvgIpc) is 2.53. The maximum atomic E-state index is 11.8. The molecule has 0 fully saturated rings. The summed E-state index contributed by atoms with van der Waals surface area (Å²) in [5.41, 5.74) is 2.48. The number of amides is 1. The van der Waals surface area contributed by atoms with Gasteiger partial charge in [0.15, 0.2) is 0 Å². The Hall–Kier alpha value is -1.52. The van der Waals surface area contributed by atoms with Crippen molar-refractivity contribution >= 4 is 18.3 Å².